The fourth-order valence-corrected chi connectivity index (χ4v) is 2.21. The fourth-order valence-electron chi connectivity index (χ4n) is 1.23. The van der Waals surface area contributed by atoms with Crippen LogP contribution in [0.5, 0.6) is 0 Å². The van der Waals surface area contributed by atoms with Crippen molar-refractivity contribution >= 4 is 29.3 Å². The average molecular weight is 283 g/mol. The number of benzene rings is 1. The van der Waals surface area contributed by atoms with Crippen LogP contribution in [0.4, 0.5) is 0 Å². The van der Waals surface area contributed by atoms with E-state index in [-0.39, 0.29) is 5.91 Å². The third kappa shape index (κ3) is 5.44. The molecule has 0 heterocycles. The summed E-state index contributed by atoms with van der Waals surface area (Å²) >= 11 is 7.37. The van der Waals surface area contributed by atoms with Gasteiger partial charge in [0.25, 0.3) is 0 Å². The van der Waals surface area contributed by atoms with Gasteiger partial charge in [0.05, 0.1) is 6.07 Å². The normalized spacial score (nSPS) is 10.8. The minimum Gasteiger partial charge on any atom is -0.338 e. The zero-order chi connectivity index (χ0) is 13.6. The van der Waals surface area contributed by atoms with Gasteiger partial charge in [-0.1, -0.05) is 11.6 Å². The van der Waals surface area contributed by atoms with E-state index in [1.54, 1.807) is 25.6 Å². The number of hydrogen-bond acceptors (Lipinski definition) is 3. The van der Waals surface area contributed by atoms with Crippen LogP contribution < -0.4 is 5.32 Å². The van der Waals surface area contributed by atoms with Crippen LogP contribution in [-0.4, -0.2) is 17.2 Å². The summed E-state index contributed by atoms with van der Waals surface area (Å²) in [4.78, 5) is 12.6. The summed E-state index contributed by atoms with van der Waals surface area (Å²) in [6, 6.07) is 9.52. The summed E-state index contributed by atoms with van der Waals surface area (Å²) in [5, 5.41) is 12.2. The van der Waals surface area contributed by atoms with Crippen LogP contribution in [-0.2, 0) is 4.79 Å². The lowest BCUT2D eigenvalue weighted by Gasteiger charge is -2.17. The highest BCUT2D eigenvalue weighted by Crippen LogP contribution is 2.20. The Hall–Kier alpha value is -1.18. The second-order valence-corrected chi connectivity index (χ2v) is 5.94. The molecule has 1 N–H and O–H groups in total. The minimum atomic E-state index is -0.804. The first kappa shape index (κ1) is 14.9. The summed E-state index contributed by atoms with van der Waals surface area (Å²) in [5.41, 5.74) is -0.804. The number of hydrogen-bond donors (Lipinski definition) is 1. The third-order valence-electron chi connectivity index (χ3n) is 2.14. The first-order chi connectivity index (χ1) is 8.43. The Balaban J connectivity index is 2.32. The molecule has 1 aromatic rings. The SMILES string of the molecule is CC(C)(C#N)NC(=O)CCSc1ccc(Cl)cc1. The number of nitriles is 1. The monoisotopic (exact) mass is 282 g/mol. The van der Waals surface area contributed by atoms with Gasteiger partial charge in [0, 0.05) is 22.1 Å². The predicted molar refractivity (Wildman–Crippen MR) is 74.6 cm³/mol. The van der Waals surface area contributed by atoms with Crippen LogP contribution in [0.2, 0.25) is 5.02 Å². The molecule has 0 spiro atoms. The maximum atomic E-state index is 11.6. The lowest BCUT2D eigenvalue weighted by Crippen LogP contribution is -2.42. The summed E-state index contributed by atoms with van der Waals surface area (Å²) in [6.07, 6.45) is 0.387. The number of halogens is 1. The molecule has 1 aromatic carbocycles. The van der Waals surface area contributed by atoms with E-state index in [9.17, 15) is 4.79 Å². The number of rotatable bonds is 5. The lowest BCUT2D eigenvalue weighted by molar-refractivity contribution is -0.121. The molecule has 0 aliphatic rings. The molecule has 0 bridgehead atoms. The molecule has 18 heavy (non-hydrogen) atoms. The van der Waals surface area contributed by atoms with Crippen LogP contribution >= 0.6 is 23.4 Å². The Morgan fingerprint density at radius 2 is 2.06 bits per heavy atom. The maximum Gasteiger partial charge on any atom is 0.222 e. The van der Waals surface area contributed by atoms with Gasteiger partial charge in [-0.2, -0.15) is 5.26 Å². The van der Waals surface area contributed by atoms with Crippen molar-refractivity contribution in [1.82, 2.24) is 5.32 Å². The van der Waals surface area contributed by atoms with E-state index in [0.29, 0.717) is 17.2 Å². The molecule has 0 saturated heterocycles. The Morgan fingerprint density at radius 1 is 1.44 bits per heavy atom. The summed E-state index contributed by atoms with van der Waals surface area (Å²) in [7, 11) is 0. The minimum absolute atomic E-state index is 0.108. The zero-order valence-electron chi connectivity index (χ0n) is 10.4. The topological polar surface area (TPSA) is 52.9 Å². The molecule has 5 heteroatoms. The molecule has 0 radical (unpaired) electrons. The smallest absolute Gasteiger partial charge is 0.222 e. The molecule has 0 atom stereocenters. The van der Waals surface area contributed by atoms with E-state index < -0.39 is 5.54 Å². The molecular weight excluding hydrogens is 268 g/mol. The molecule has 1 rings (SSSR count). The molecule has 0 aliphatic heterocycles. The lowest BCUT2D eigenvalue weighted by atomic mass is 10.1. The summed E-state index contributed by atoms with van der Waals surface area (Å²) < 4.78 is 0. The van der Waals surface area contributed by atoms with Crippen molar-refractivity contribution in [2.24, 2.45) is 0 Å². The number of thioether (sulfide) groups is 1. The molecule has 0 saturated carbocycles. The van der Waals surface area contributed by atoms with Crippen molar-refractivity contribution in [2.45, 2.75) is 30.7 Å². The largest absolute Gasteiger partial charge is 0.338 e. The molecule has 96 valence electrons. The highest BCUT2D eigenvalue weighted by molar-refractivity contribution is 7.99. The molecule has 0 fully saturated rings. The highest BCUT2D eigenvalue weighted by Gasteiger charge is 2.18. The van der Waals surface area contributed by atoms with Crippen LogP contribution in [0.3, 0.4) is 0 Å². The van der Waals surface area contributed by atoms with Gasteiger partial charge in [-0.05, 0) is 38.1 Å². The van der Waals surface area contributed by atoms with Crippen molar-refractivity contribution in [3.05, 3.63) is 29.3 Å². The van der Waals surface area contributed by atoms with Crippen LogP contribution in [0.15, 0.2) is 29.2 Å². The van der Waals surface area contributed by atoms with E-state index >= 15 is 0 Å². The van der Waals surface area contributed by atoms with E-state index in [2.05, 4.69) is 5.32 Å². The Bertz CT molecular complexity index is 451. The van der Waals surface area contributed by atoms with Crippen molar-refractivity contribution < 1.29 is 4.79 Å². The van der Waals surface area contributed by atoms with Crippen molar-refractivity contribution in [2.75, 3.05) is 5.75 Å². The summed E-state index contributed by atoms with van der Waals surface area (Å²) in [6.45, 7) is 3.36. The van der Waals surface area contributed by atoms with Crippen molar-refractivity contribution in [1.29, 1.82) is 5.26 Å². The Kier molecular flexibility index (Phi) is 5.52. The first-order valence-electron chi connectivity index (χ1n) is 5.53. The number of amides is 1. The van der Waals surface area contributed by atoms with Crippen molar-refractivity contribution in [3.63, 3.8) is 0 Å². The van der Waals surface area contributed by atoms with Crippen molar-refractivity contribution in [3.8, 4) is 6.07 Å². The average Bonchev–Trinajstić information content (AvgIpc) is 2.31. The van der Waals surface area contributed by atoms with Crippen LogP contribution in [0.25, 0.3) is 0 Å². The summed E-state index contributed by atoms with van der Waals surface area (Å²) in [5.74, 6) is 0.567. The van der Waals surface area contributed by atoms with Crippen LogP contribution in [0.1, 0.15) is 20.3 Å². The second kappa shape index (κ2) is 6.67. The first-order valence-corrected chi connectivity index (χ1v) is 6.90. The van der Waals surface area contributed by atoms with Gasteiger partial charge in [0.1, 0.15) is 5.54 Å². The molecule has 3 nitrogen and oxygen atoms in total. The van der Waals surface area contributed by atoms with Gasteiger partial charge >= 0.3 is 0 Å². The Morgan fingerprint density at radius 3 is 2.61 bits per heavy atom. The molecule has 0 aliphatic carbocycles. The van der Waals surface area contributed by atoms with Gasteiger partial charge in [-0.3, -0.25) is 4.79 Å². The standard InChI is InChI=1S/C13H15ClN2OS/c1-13(2,9-15)16-12(17)7-8-18-11-5-3-10(14)4-6-11/h3-6H,7-8H2,1-2H3,(H,16,17). The van der Waals surface area contributed by atoms with E-state index in [1.807, 2.05) is 30.3 Å². The second-order valence-electron chi connectivity index (χ2n) is 4.34. The van der Waals surface area contributed by atoms with Gasteiger partial charge in [-0.15, -0.1) is 11.8 Å². The van der Waals surface area contributed by atoms with Gasteiger partial charge in [0.15, 0.2) is 0 Å². The number of nitrogens with zero attached hydrogens (tertiary/aromatic N) is 1. The van der Waals surface area contributed by atoms with Gasteiger partial charge in [-0.25, -0.2) is 0 Å². The Labute approximate surface area is 117 Å². The van der Waals surface area contributed by atoms with Gasteiger partial charge < -0.3 is 5.32 Å². The maximum absolute atomic E-state index is 11.6. The molecule has 0 aromatic heterocycles. The zero-order valence-corrected chi connectivity index (χ0v) is 11.9. The van der Waals surface area contributed by atoms with Crippen LogP contribution in [0, 0.1) is 11.3 Å². The van der Waals surface area contributed by atoms with E-state index in [1.165, 1.54) is 0 Å². The highest BCUT2D eigenvalue weighted by atomic mass is 35.5. The predicted octanol–water partition coefficient (Wildman–Crippen LogP) is 3.24. The molecular formula is C13H15ClN2OS. The van der Waals surface area contributed by atoms with E-state index in [0.717, 1.165) is 4.90 Å². The number of nitrogens with one attached hydrogen (secondary N) is 1. The number of carbonyl (C=O) groups is 1. The molecule has 0 unspecified atom stereocenters. The molecule has 1 amide bonds. The van der Waals surface area contributed by atoms with Gasteiger partial charge in [0.2, 0.25) is 5.91 Å². The quantitative estimate of drug-likeness (QED) is 0.844. The van der Waals surface area contributed by atoms with E-state index in [4.69, 9.17) is 16.9 Å². The third-order valence-corrected chi connectivity index (χ3v) is 3.41. The number of carbonyl (C=O) groups excluding carboxylic acids is 1. The fraction of sp³-hybridized carbons (Fsp3) is 0.385.